The van der Waals surface area contributed by atoms with Gasteiger partial charge in [0, 0.05) is 48.8 Å². The van der Waals surface area contributed by atoms with Crippen LogP contribution < -0.4 is 26.2 Å². The lowest BCUT2D eigenvalue weighted by molar-refractivity contribution is 0.590. The van der Waals surface area contributed by atoms with Crippen molar-refractivity contribution in [3.05, 3.63) is 260 Å². The van der Waals surface area contributed by atoms with Crippen molar-refractivity contribution < 1.29 is 0 Å². The molecule has 0 aliphatic carbocycles. The number of anilines is 6. The smallest absolute Gasteiger partial charge is 0.249 e. The van der Waals surface area contributed by atoms with Crippen LogP contribution in [0, 0.1) is 0 Å². The maximum absolute atomic E-state index is 2.58. The predicted octanol–water partition coefficient (Wildman–Crippen LogP) is 16.9. The monoisotopic (exact) mass is 932 g/mol. The molecule has 0 aromatic heterocycles. The summed E-state index contributed by atoms with van der Waals surface area (Å²) in [5.74, 6) is 0.440. The molecule has 0 bridgehead atoms. The van der Waals surface area contributed by atoms with Gasteiger partial charge in [-0.25, -0.2) is 0 Å². The van der Waals surface area contributed by atoms with E-state index < -0.39 is 10.0 Å². The molecule has 2 nitrogen and oxygen atoms in total. The number of rotatable bonds is 9. The summed E-state index contributed by atoms with van der Waals surface area (Å²) in [6, 6.07) is 93.9. The molecule has 12 rings (SSSR count). The highest BCUT2D eigenvalue weighted by molar-refractivity contribution is 8.34. The number of fused-ring (bicyclic) bond motifs is 4. The lowest BCUT2D eigenvalue weighted by Gasteiger charge is -2.51. The molecular formula is C67H57BN2S. The Morgan fingerprint density at radius 2 is 0.944 bits per heavy atom. The quantitative estimate of drug-likeness (QED) is 0.133. The highest BCUT2D eigenvalue weighted by Crippen LogP contribution is 2.74. The van der Waals surface area contributed by atoms with Crippen LogP contribution in [0.15, 0.2) is 268 Å². The second-order valence-corrected chi connectivity index (χ2v) is 23.4. The minimum Gasteiger partial charge on any atom is -0.311 e. The van der Waals surface area contributed by atoms with Crippen molar-refractivity contribution in [3.63, 3.8) is 0 Å². The van der Waals surface area contributed by atoms with Gasteiger partial charge in [0.15, 0.2) is 0 Å². The molecule has 4 heteroatoms. The Kier molecular flexibility index (Phi) is 11.2. The van der Waals surface area contributed by atoms with E-state index in [-0.39, 0.29) is 12.1 Å². The summed E-state index contributed by atoms with van der Waals surface area (Å²) in [6.45, 7) is 11.3. The highest BCUT2D eigenvalue weighted by Gasteiger charge is 2.49. The number of hydrogen-bond acceptors (Lipinski definition) is 2. The van der Waals surface area contributed by atoms with E-state index in [0.717, 1.165) is 22.7 Å². The molecule has 71 heavy (non-hydrogen) atoms. The maximum Gasteiger partial charge on any atom is 0.249 e. The van der Waals surface area contributed by atoms with Crippen LogP contribution in [0.2, 0.25) is 0 Å². The van der Waals surface area contributed by atoms with Crippen molar-refractivity contribution in [2.45, 2.75) is 65.5 Å². The Hall–Kier alpha value is -7.79. The number of nitrogens with zero attached hydrogens (tertiary/aromatic N) is 2. The summed E-state index contributed by atoms with van der Waals surface area (Å²) in [5, 5.41) is 0. The molecule has 0 amide bonds. The molecule has 0 spiro atoms. The lowest BCUT2D eigenvalue weighted by Crippen LogP contribution is -2.61. The molecule has 0 saturated heterocycles. The average molecular weight is 933 g/mol. The summed E-state index contributed by atoms with van der Waals surface area (Å²) in [5.41, 5.74) is 18.5. The van der Waals surface area contributed by atoms with Gasteiger partial charge >= 0.3 is 0 Å². The van der Waals surface area contributed by atoms with Gasteiger partial charge < -0.3 is 9.80 Å². The maximum atomic E-state index is 2.58. The Bertz CT molecular complexity index is 3470. The predicted molar refractivity (Wildman–Crippen MR) is 304 cm³/mol. The van der Waals surface area contributed by atoms with Gasteiger partial charge in [-0.3, -0.25) is 0 Å². The van der Waals surface area contributed by atoms with E-state index in [9.17, 15) is 0 Å². The van der Waals surface area contributed by atoms with E-state index in [1.54, 1.807) is 0 Å². The Morgan fingerprint density at radius 3 is 1.56 bits per heavy atom. The van der Waals surface area contributed by atoms with Crippen molar-refractivity contribution in [2.24, 2.45) is 0 Å². The molecule has 0 radical (unpaired) electrons. The van der Waals surface area contributed by atoms with Crippen molar-refractivity contribution in [3.8, 4) is 22.3 Å². The second kappa shape index (κ2) is 17.9. The molecule has 2 aliphatic rings. The van der Waals surface area contributed by atoms with Gasteiger partial charge in [0.1, 0.15) is 0 Å². The normalized spacial score (nSPS) is 13.8. The molecule has 344 valence electrons. The molecule has 2 aliphatic heterocycles. The number of benzene rings is 10. The van der Waals surface area contributed by atoms with Gasteiger partial charge in [-0.2, -0.15) is 0 Å². The third-order valence-electron chi connectivity index (χ3n) is 14.7. The van der Waals surface area contributed by atoms with Crippen LogP contribution in [-0.2, 0) is 5.41 Å². The lowest BCUT2D eigenvalue weighted by atomic mass is 9.34. The van der Waals surface area contributed by atoms with Crippen LogP contribution in [-0.4, -0.2) is 6.71 Å². The first-order chi connectivity index (χ1) is 34.7. The van der Waals surface area contributed by atoms with Gasteiger partial charge in [-0.1, -0.05) is 192 Å². The van der Waals surface area contributed by atoms with Crippen LogP contribution in [0.5, 0.6) is 0 Å². The second-order valence-electron chi connectivity index (χ2n) is 20.4. The fourth-order valence-electron chi connectivity index (χ4n) is 11.1. The van der Waals surface area contributed by atoms with Crippen LogP contribution >= 0.6 is 10.0 Å². The highest BCUT2D eigenvalue weighted by atomic mass is 32.3. The first-order valence-corrected chi connectivity index (χ1v) is 26.7. The standard InChI is InChI=1S/C67H57BN2S/c1-47(2)48-30-32-51(33-31-48)52-44-63-66-65(45-52)71(58-24-14-8-15-25-58,59-26-16-9-17-27-59)64-29-19-18-28-60(64)68(66)61-46-57(69(54-22-12-7-13-23-54)55-40-36-53(37-41-55)67(3,4)5)42-43-62(61)70(63)56-38-34-50(35-39-56)49-20-10-6-11-21-49/h6-47H,1-5H3. The topological polar surface area (TPSA) is 6.48 Å². The van der Waals surface area contributed by atoms with E-state index in [4.69, 9.17) is 0 Å². The molecule has 10 aromatic carbocycles. The molecular weight excluding hydrogens is 876 g/mol. The Morgan fingerprint density at radius 1 is 0.423 bits per heavy atom. The zero-order valence-electron chi connectivity index (χ0n) is 41.1. The summed E-state index contributed by atoms with van der Waals surface area (Å²) in [4.78, 5) is 10.5. The van der Waals surface area contributed by atoms with Crippen molar-refractivity contribution in [2.75, 3.05) is 9.80 Å². The van der Waals surface area contributed by atoms with E-state index in [1.165, 1.54) is 80.7 Å². The third-order valence-corrected chi connectivity index (χ3v) is 18.7. The number of para-hydroxylation sites is 1. The molecule has 0 saturated carbocycles. The van der Waals surface area contributed by atoms with Crippen molar-refractivity contribution in [1.82, 2.24) is 0 Å². The fourth-order valence-corrected chi connectivity index (χ4v) is 15.5. The molecule has 10 aromatic rings. The first-order valence-electron chi connectivity index (χ1n) is 25.0. The van der Waals surface area contributed by atoms with Gasteiger partial charge in [0.05, 0.1) is 0 Å². The zero-order chi connectivity index (χ0) is 48.3. The van der Waals surface area contributed by atoms with Gasteiger partial charge in [0.2, 0.25) is 6.71 Å². The molecule has 0 unspecified atom stereocenters. The summed E-state index contributed by atoms with van der Waals surface area (Å²) >= 11 is 0. The van der Waals surface area contributed by atoms with Gasteiger partial charge in [0.25, 0.3) is 0 Å². The van der Waals surface area contributed by atoms with Crippen LogP contribution in [0.25, 0.3) is 22.3 Å². The summed E-state index contributed by atoms with van der Waals surface area (Å²) in [7, 11) is -2.07. The van der Waals surface area contributed by atoms with Crippen LogP contribution in [0.1, 0.15) is 51.7 Å². The zero-order valence-corrected chi connectivity index (χ0v) is 41.9. The van der Waals surface area contributed by atoms with Crippen LogP contribution in [0.3, 0.4) is 0 Å². The minimum atomic E-state index is -2.07. The molecule has 0 N–H and O–H groups in total. The molecule has 0 atom stereocenters. The van der Waals surface area contributed by atoms with Crippen molar-refractivity contribution in [1.29, 1.82) is 0 Å². The average Bonchev–Trinajstić information content (AvgIpc) is 3.42. The van der Waals surface area contributed by atoms with E-state index in [1.807, 2.05) is 0 Å². The Balaban J connectivity index is 1.18. The third kappa shape index (κ3) is 7.61. The first kappa shape index (κ1) is 44.4. The largest absolute Gasteiger partial charge is 0.311 e. The SMILES string of the molecule is CC(C)c1ccc(-c2cc3c4c(c2)S(c2ccccc2)(c2ccccc2)c2ccccc2B4c2cc(N(c4ccccc4)c4ccc(C(C)(C)C)cc4)ccc2N3c2ccc(-c3ccccc3)cc2)cc1. The fraction of sp³-hybridized carbons (Fsp3) is 0.104. The minimum absolute atomic E-state index is 0.0399. The van der Waals surface area contributed by atoms with Gasteiger partial charge in [-0.15, -0.1) is 10.0 Å². The van der Waals surface area contributed by atoms with E-state index in [0.29, 0.717) is 5.92 Å². The Labute approximate surface area is 422 Å². The van der Waals surface area contributed by atoms with Gasteiger partial charge in [-0.05, 0) is 158 Å². The summed E-state index contributed by atoms with van der Waals surface area (Å²) < 4.78 is 0. The summed E-state index contributed by atoms with van der Waals surface area (Å²) in [6.07, 6.45) is 0. The molecule has 0 fully saturated rings. The number of hydrogen-bond donors (Lipinski definition) is 0. The van der Waals surface area contributed by atoms with Crippen molar-refractivity contribution >= 4 is 67.3 Å². The van der Waals surface area contributed by atoms with E-state index in [2.05, 4.69) is 293 Å². The van der Waals surface area contributed by atoms with Crippen LogP contribution in [0.4, 0.5) is 34.1 Å². The molecule has 2 heterocycles. The van der Waals surface area contributed by atoms with E-state index >= 15 is 0 Å².